The third-order valence-corrected chi connectivity index (χ3v) is 1.17. The van der Waals surface area contributed by atoms with Crippen LogP contribution in [-0.2, 0) is 14.4 Å². The largest absolute Gasteiger partial charge is 0.480 e. The molecule has 0 unspecified atom stereocenters. The maximum atomic E-state index is 10.5. The van der Waals surface area contributed by atoms with Crippen LogP contribution in [0.15, 0.2) is 0 Å². The van der Waals surface area contributed by atoms with Gasteiger partial charge in [0.05, 0.1) is 0 Å². The van der Waals surface area contributed by atoms with Crippen molar-refractivity contribution in [1.82, 2.24) is 5.32 Å². The topological polar surface area (TPSA) is 83.5 Å². The smallest absolute Gasteiger partial charge is 0.326 e. The van der Waals surface area contributed by atoms with Crippen LogP contribution >= 0.6 is 0 Å². The number of nitrogens with one attached hydrogen (secondary N) is 1. The SMILES string of the molecule is CC(=O)C[C@H](NC(C)=O)C(=O)O. The number of carbonyl (C=O) groups excluding carboxylic acids is 2. The van der Waals surface area contributed by atoms with Crippen LogP contribution in [0.2, 0.25) is 0 Å². The highest BCUT2D eigenvalue weighted by Crippen LogP contribution is 1.93. The van der Waals surface area contributed by atoms with Crippen molar-refractivity contribution in [3.63, 3.8) is 0 Å². The second kappa shape index (κ2) is 4.48. The first-order valence-electron chi connectivity index (χ1n) is 3.43. The van der Waals surface area contributed by atoms with Crippen molar-refractivity contribution in [3.05, 3.63) is 0 Å². The lowest BCUT2D eigenvalue weighted by molar-refractivity contribution is -0.143. The van der Waals surface area contributed by atoms with E-state index in [0.717, 1.165) is 0 Å². The normalized spacial score (nSPS) is 11.8. The summed E-state index contributed by atoms with van der Waals surface area (Å²) in [4.78, 5) is 31.4. The van der Waals surface area contributed by atoms with Gasteiger partial charge < -0.3 is 10.4 Å². The minimum atomic E-state index is -1.19. The van der Waals surface area contributed by atoms with Crippen molar-refractivity contribution < 1.29 is 19.5 Å². The van der Waals surface area contributed by atoms with E-state index in [9.17, 15) is 14.4 Å². The molecule has 0 aromatic carbocycles. The Labute approximate surface area is 69.8 Å². The summed E-state index contributed by atoms with van der Waals surface area (Å²) in [6, 6.07) is -1.10. The first-order valence-corrected chi connectivity index (χ1v) is 3.43. The van der Waals surface area contributed by atoms with Gasteiger partial charge in [-0.25, -0.2) is 4.79 Å². The summed E-state index contributed by atoms with van der Waals surface area (Å²) in [6.45, 7) is 2.48. The minimum absolute atomic E-state index is 0.172. The molecule has 0 spiro atoms. The van der Waals surface area contributed by atoms with Gasteiger partial charge >= 0.3 is 5.97 Å². The van der Waals surface area contributed by atoms with E-state index in [1.807, 2.05) is 0 Å². The maximum Gasteiger partial charge on any atom is 0.326 e. The summed E-state index contributed by atoms with van der Waals surface area (Å²) in [5.41, 5.74) is 0. The van der Waals surface area contributed by atoms with E-state index >= 15 is 0 Å². The zero-order valence-corrected chi connectivity index (χ0v) is 6.96. The van der Waals surface area contributed by atoms with E-state index in [2.05, 4.69) is 5.32 Å². The molecule has 0 rings (SSSR count). The lowest BCUT2D eigenvalue weighted by Crippen LogP contribution is -2.40. The molecule has 0 aliphatic heterocycles. The van der Waals surface area contributed by atoms with Crippen molar-refractivity contribution in [3.8, 4) is 0 Å². The number of ketones is 1. The van der Waals surface area contributed by atoms with Crippen molar-refractivity contribution in [1.29, 1.82) is 0 Å². The summed E-state index contributed by atoms with van der Waals surface area (Å²) in [5, 5.41) is 10.7. The Morgan fingerprint density at radius 3 is 2.08 bits per heavy atom. The summed E-state index contributed by atoms with van der Waals surface area (Å²) >= 11 is 0. The van der Waals surface area contributed by atoms with Gasteiger partial charge in [-0.05, 0) is 6.92 Å². The molecule has 0 aromatic rings. The van der Waals surface area contributed by atoms with Crippen molar-refractivity contribution in [2.45, 2.75) is 26.3 Å². The number of Topliss-reactive ketones (excluding diaryl/α,β-unsaturated/α-hetero) is 1. The zero-order chi connectivity index (χ0) is 9.72. The Kier molecular flexibility index (Phi) is 3.96. The third kappa shape index (κ3) is 4.43. The Morgan fingerprint density at radius 1 is 1.33 bits per heavy atom. The lowest BCUT2D eigenvalue weighted by Gasteiger charge is -2.10. The Bertz CT molecular complexity index is 195. The molecule has 68 valence electrons. The first kappa shape index (κ1) is 10.6. The Balaban J connectivity index is 4.14. The van der Waals surface area contributed by atoms with Crippen molar-refractivity contribution in [2.75, 3.05) is 0 Å². The van der Waals surface area contributed by atoms with Gasteiger partial charge in [-0.15, -0.1) is 0 Å². The van der Waals surface area contributed by atoms with E-state index < -0.39 is 17.9 Å². The molecule has 0 saturated carbocycles. The number of hydrogen-bond acceptors (Lipinski definition) is 3. The van der Waals surface area contributed by atoms with Gasteiger partial charge in [0.15, 0.2) is 0 Å². The number of carboxylic acid groups (broad SMARTS) is 1. The van der Waals surface area contributed by atoms with Crippen LogP contribution in [0, 0.1) is 0 Å². The fraction of sp³-hybridized carbons (Fsp3) is 0.571. The molecule has 5 nitrogen and oxygen atoms in total. The number of rotatable bonds is 4. The number of carbonyl (C=O) groups is 3. The summed E-state index contributed by atoms with van der Waals surface area (Å²) in [5.74, 6) is -1.92. The molecule has 5 heteroatoms. The van der Waals surface area contributed by atoms with Crippen LogP contribution in [0.5, 0.6) is 0 Å². The molecule has 0 saturated heterocycles. The lowest BCUT2D eigenvalue weighted by atomic mass is 10.1. The average molecular weight is 173 g/mol. The molecule has 1 atom stereocenters. The highest BCUT2D eigenvalue weighted by Gasteiger charge is 2.19. The van der Waals surface area contributed by atoms with Crippen molar-refractivity contribution >= 4 is 17.7 Å². The molecule has 0 heterocycles. The predicted octanol–water partition coefficient (Wildman–Crippen LogP) is -0.445. The monoisotopic (exact) mass is 173 g/mol. The molecule has 2 N–H and O–H groups in total. The Hall–Kier alpha value is -1.39. The first-order chi connectivity index (χ1) is 5.43. The molecule has 1 amide bonds. The molecule has 0 aliphatic rings. The number of amides is 1. The van der Waals surface area contributed by atoms with Crippen LogP contribution in [0.4, 0.5) is 0 Å². The highest BCUT2D eigenvalue weighted by atomic mass is 16.4. The van der Waals surface area contributed by atoms with E-state index in [1.54, 1.807) is 0 Å². The standard InChI is InChI=1S/C7H11NO4/c1-4(9)3-6(7(11)12)8-5(2)10/h6H,3H2,1-2H3,(H,8,10)(H,11,12)/t6-/m0/s1. The van der Waals surface area contributed by atoms with Gasteiger partial charge in [0.25, 0.3) is 0 Å². The molecule has 0 aromatic heterocycles. The molecular weight excluding hydrogens is 162 g/mol. The van der Waals surface area contributed by atoms with Gasteiger partial charge in [0.2, 0.25) is 5.91 Å². The van der Waals surface area contributed by atoms with Gasteiger partial charge in [0.1, 0.15) is 11.8 Å². The molecule has 0 bridgehead atoms. The second-order valence-corrected chi connectivity index (χ2v) is 2.50. The van der Waals surface area contributed by atoms with E-state index in [1.165, 1.54) is 13.8 Å². The third-order valence-electron chi connectivity index (χ3n) is 1.17. The molecular formula is C7H11NO4. The van der Waals surface area contributed by atoms with Crippen LogP contribution in [-0.4, -0.2) is 28.8 Å². The number of aliphatic carboxylic acids is 1. The molecule has 12 heavy (non-hydrogen) atoms. The van der Waals surface area contributed by atoms with E-state index in [-0.39, 0.29) is 12.2 Å². The number of carboxylic acids is 1. The predicted molar refractivity (Wildman–Crippen MR) is 40.5 cm³/mol. The molecule has 0 aliphatic carbocycles. The summed E-state index contributed by atoms with van der Waals surface area (Å²) < 4.78 is 0. The second-order valence-electron chi connectivity index (χ2n) is 2.50. The van der Waals surface area contributed by atoms with Crippen molar-refractivity contribution in [2.24, 2.45) is 0 Å². The van der Waals surface area contributed by atoms with E-state index in [4.69, 9.17) is 5.11 Å². The fourth-order valence-corrected chi connectivity index (χ4v) is 0.733. The van der Waals surface area contributed by atoms with Crippen LogP contribution in [0.3, 0.4) is 0 Å². The van der Waals surface area contributed by atoms with Gasteiger partial charge in [-0.2, -0.15) is 0 Å². The van der Waals surface area contributed by atoms with Gasteiger partial charge in [-0.3, -0.25) is 9.59 Å². The van der Waals surface area contributed by atoms with Crippen LogP contribution in [0.25, 0.3) is 0 Å². The molecule has 0 radical (unpaired) electrons. The minimum Gasteiger partial charge on any atom is -0.480 e. The van der Waals surface area contributed by atoms with E-state index in [0.29, 0.717) is 0 Å². The summed E-state index contributed by atoms with van der Waals surface area (Å²) in [7, 11) is 0. The Morgan fingerprint density at radius 2 is 1.83 bits per heavy atom. The highest BCUT2D eigenvalue weighted by molar-refractivity contribution is 5.87. The number of hydrogen-bond donors (Lipinski definition) is 2. The quantitative estimate of drug-likeness (QED) is 0.603. The van der Waals surface area contributed by atoms with Gasteiger partial charge in [0, 0.05) is 13.3 Å². The fourth-order valence-electron chi connectivity index (χ4n) is 0.733. The zero-order valence-electron chi connectivity index (χ0n) is 6.96. The molecule has 0 fully saturated rings. The average Bonchev–Trinajstić information content (AvgIpc) is 1.83. The summed E-state index contributed by atoms with van der Waals surface area (Å²) in [6.07, 6.45) is -0.172. The maximum absolute atomic E-state index is 10.5. The van der Waals surface area contributed by atoms with Crippen LogP contribution < -0.4 is 5.32 Å². The van der Waals surface area contributed by atoms with Crippen LogP contribution in [0.1, 0.15) is 20.3 Å². The van der Waals surface area contributed by atoms with Gasteiger partial charge in [-0.1, -0.05) is 0 Å².